The van der Waals surface area contributed by atoms with Crippen LogP contribution in [0.15, 0.2) is 48.5 Å². The summed E-state index contributed by atoms with van der Waals surface area (Å²) >= 11 is 0. The SMILES string of the molecule is O=C(O)CCC(NC(=O)OCC1c2ccccc2-c2ccccc21)C(=O)N1CC2CC1CCC2O. The molecule has 2 aromatic rings. The van der Waals surface area contributed by atoms with Crippen LogP contribution in [0.25, 0.3) is 11.1 Å². The minimum absolute atomic E-state index is 0.0190. The van der Waals surface area contributed by atoms with Gasteiger partial charge in [-0.25, -0.2) is 4.79 Å². The van der Waals surface area contributed by atoms with Crippen LogP contribution in [0.4, 0.5) is 4.79 Å². The molecule has 2 amide bonds. The number of nitrogens with zero attached hydrogens (tertiary/aromatic N) is 1. The quantitative estimate of drug-likeness (QED) is 0.563. The van der Waals surface area contributed by atoms with E-state index in [-0.39, 0.29) is 43.2 Å². The van der Waals surface area contributed by atoms with Gasteiger partial charge in [-0.15, -0.1) is 0 Å². The van der Waals surface area contributed by atoms with Crippen molar-refractivity contribution >= 4 is 18.0 Å². The number of nitrogens with one attached hydrogen (secondary N) is 1. The molecule has 2 bridgehead atoms. The number of alkyl carbamates (subject to hydrolysis) is 1. The van der Waals surface area contributed by atoms with Crippen molar-refractivity contribution in [2.24, 2.45) is 5.92 Å². The Morgan fingerprint density at radius 1 is 1.03 bits per heavy atom. The number of aliphatic hydroxyl groups excluding tert-OH is 1. The molecule has 0 aromatic heterocycles. The van der Waals surface area contributed by atoms with Crippen LogP contribution in [0.5, 0.6) is 0 Å². The van der Waals surface area contributed by atoms with Gasteiger partial charge >= 0.3 is 12.1 Å². The van der Waals surface area contributed by atoms with Crippen molar-refractivity contribution in [3.63, 3.8) is 0 Å². The number of aliphatic hydroxyl groups is 1. The topological polar surface area (TPSA) is 116 Å². The van der Waals surface area contributed by atoms with E-state index < -0.39 is 24.2 Å². The summed E-state index contributed by atoms with van der Waals surface area (Å²) in [4.78, 5) is 39.0. The third kappa shape index (κ3) is 4.62. The van der Waals surface area contributed by atoms with Crippen molar-refractivity contribution in [3.05, 3.63) is 59.7 Å². The highest BCUT2D eigenvalue weighted by molar-refractivity contribution is 5.87. The van der Waals surface area contributed by atoms with Gasteiger partial charge in [0, 0.05) is 30.8 Å². The molecule has 4 unspecified atom stereocenters. The molecule has 184 valence electrons. The maximum Gasteiger partial charge on any atom is 0.407 e. The number of carbonyl (C=O) groups is 3. The summed E-state index contributed by atoms with van der Waals surface area (Å²) in [6.45, 7) is 0.543. The molecule has 8 nitrogen and oxygen atoms in total. The lowest BCUT2D eigenvalue weighted by Gasteiger charge is -2.29. The molecule has 4 atom stereocenters. The molecule has 5 rings (SSSR count). The summed E-state index contributed by atoms with van der Waals surface area (Å²) in [5.41, 5.74) is 4.41. The van der Waals surface area contributed by atoms with E-state index in [4.69, 9.17) is 9.84 Å². The van der Waals surface area contributed by atoms with Gasteiger partial charge in [0.2, 0.25) is 5.91 Å². The van der Waals surface area contributed by atoms with Gasteiger partial charge in [0.15, 0.2) is 0 Å². The molecule has 1 saturated heterocycles. The first kappa shape index (κ1) is 23.4. The van der Waals surface area contributed by atoms with Gasteiger partial charge in [-0.05, 0) is 47.9 Å². The molecular formula is C27H30N2O6. The second-order valence-corrected chi connectivity index (χ2v) is 9.74. The number of carboxylic acids is 1. The van der Waals surface area contributed by atoms with E-state index in [0.717, 1.165) is 28.7 Å². The zero-order chi connectivity index (χ0) is 24.5. The number of hydrogen-bond donors (Lipinski definition) is 3. The first-order chi connectivity index (χ1) is 16.9. The molecule has 2 aliphatic carbocycles. The van der Waals surface area contributed by atoms with Crippen LogP contribution in [-0.4, -0.2) is 64.4 Å². The number of carbonyl (C=O) groups excluding carboxylic acids is 2. The van der Waals surface area contributed by atoms with Gasteiger partial charge < -0.3 is 25.2 Å². The standard InChI is InChI=1S/C27H30N2O6/c30-24-11-9-17-13-16(24)14-29(17)26(33)23(10-12-25(31)32)28-27(34)35-15-22-20-7-3-1-5-18(20)19-6-2-4-8-21(19)22/h1-8,16-17,22-24,30H,9-15H2,(H,28,34)(H,31,32). The Labute approximate surface area is 203 Å². The van der Waals surface area contributed by atoms with E-state index in [1.165, 1.54) is 0 Å². The normalized spacial score (nSPS) is 23.3. The Hall–Kier alpha value is -3.39. The van der Waals surface area contributed by atoms with Gasteiger partial charge in [-0.2, -0.15) is 0 Å². The Balaban J connectivity index is 1.26. The van der Waals surface area contributed by atoms with Gasteiger partial charge in [-0.3, -0.25) is 9.59 Å². The van der Waals surface area contributed by atoms with Crippen molar-refractivity contribution in [2.45, 2.75) is 56.2 Å². The predicted molar refractivity (Wildman–Crippen MR) is 128 cm³/mol. The fraction of sp³-hybridized carbons (Fsp3) is 0.444. The summed E-state index contributed by atoms with van der Waals surface area (Å²) in [5, 5.41) is 22.0. The number of aliphatic carboxylic acids is 1. The number of ether oxygens (including phenoxy) is 1. The molecular weight excluding hydrogens is 448 g/mol. The van der Waals surface area contributed by atoms with Crippen LogP contribution in [0, 0.1) is 5.92 Å². The third-order valence-electron chi connectivity index (χ3n) is 7.65. The fourth-order valence-corrected chi connectivity index (χ4v) is 5.88. The summed E-state index contributed by atoms with van der Waals surface area (Å²) in [6.07, 6.45) is 0.677. The molecule has 1 heterocycles. The van der Waals surface area contributed by atoms with Crippen LogP contribution in [0.2, 0.25) is 0 Å². The number of benzene rings is 2. The maximum absolute atomic E-state index is 13.3. The largest absolute Gasteiger partial charge is 0.481 e. The van der Waals surface area contributed by atoms with Gasteiger partial charge in [0.25, 0.3) is 0 Å². The Bertz CT molecular complexity index is 1090. The van der Waals surface area contributed by atoms with Gasteiger partial charge in [0.1, 0.15) is 12.6 Å². The first-order valence-corrected chi connectivity index (χ1v) is 12.2. The smallest absolute Gasteiger partial charge is 0.407 e. The van der Waals surface area contributed by atoms with Crippen molar-refractivity contribution in [1.29, 1.82) is 0 Å². The molecule has 2 fully saturated rings. The third-order valence-corrected chi connectivity index (χ3v) is 7.65. The van der Waals surface area contributed by atoms with Gasteiger partial charge in [0.05, 0.1) is 6.10 Å². The zero-order valence-corrected chi connectivity index (χ0v) is 19.4. The van der Waals surface area contributed by atoms with Crippen molar-refractivity contribution in [3.8, 4) is 11.1 Å². The minimum atomic E-state index is -1.03. The zero-order valence-electron chi connectivity index (χ0n) is 19.4. The highest BCUT2D eigenvalue weighted by Crippen LogP contribution is 2.44. The Kier molecular flexibility index (Phi) is 6.47. The molecule has 3 N–H and O–H groups in total. The molecule has 8 heteroatoms. The molecule has 0 spiro atoms. The van der Waals surface area contributed by atoms with Crippen LogP contribution < -0.4 is 5.32 Å². The molecule has 1 saturated carbocycles. The maximum atomic E-state index is 13.3. The average Bonchev–Trinajstić information content (AvgIpc) is 3.38. The lowest BCUT2D eigenvalue weighted by Crippen LogP contribution is -2.50. The number of hydrogen-bond acceptors (Lipinski definition) is 5. The summed E-state index contributed by atoms with van der Waals surface area (Å²) < 4.78 is 5.59. The fourth-order valence-electron chi connectivity index (χ4n) is 5.88. The number of carboxylic acid groups (broad SMARTS) is 1. The highest BCUT2D eigenvalue weighted by atomic mass is 16.5. The average molecular weight is 479 g/mol. The number of likely N-dealkylation sites (tertiary alicyclic amines) is 1. The van der Waals surface area contributed by atoms with Crippen LogP contribution >= 0.6 is 0 Å². The summed E-state index contributed by atoms with van der Waals surface area (Å²) in [7, 11) is 0. The minimum Gasteiger partial charge on any atom is -0.481 e. The number of amides is 2. The Morgan fingerprint density at radius 3 is 2.31 bits per heavy atom. The molecule has 2 aromatic carbocycles. The first-order valence-electron chi connectivity index (χ1n) is 12.2. The molecule has 0 radical (unpaired) electrons. The highest BCUT2D eigenvalue weighted by Gasteiger charge is 2.44. The predicted octanol–water partition coefficient (Wildman–Crippen LogP) is 3.13. The van der Waals surface area contributed by atoms with E-state index in [1.807, 2.05) is 36.4 Å². The number of rotatable bonds is 7. The second-order valence-electron chi connectivity index (χ2n) is 9.74. The van der Waals surface area contributed by atoms with Crippen molar-refractivity contribution < 1.29 is 29.3 Å². The lowest BCUT2D eigenvalue weighted by molar-refractivity contribution is -0.138. The number of fused-ring (bicyclic) bond motifs is 5. The van der Waals surface area contributed by atoms with Crippen molar-refractivity contribution in [1.82, 2.24) is 10.2 Å². The van der Waals surface area contributed by atoms with Crippen LogP contribution in [0.1, 0.15) is 49.1 Å². The van der Waals surface area contributed by atoms with Crippen molar-refractivity contribution in [2.75, 3.05) is 13.2 Å². The second kappa shape index (κ2) is 9.70. The monoisotopic (exact) mass is 478 g/mol. The Morgan fingerprint density at radius 2 is 1.69 bits per heavy atom. The van der Waals surface area contributed by atoms with Crippen LogP contribution in [0.3, 0.4) is 0 Å². The van der Waals surface area contributed by atoms with E-state index in [9.17, 15) is 19.5 Å². The lowest BCUT2D eigenvalue weighted by atomic mass is 9.88. The summed E-state index contributed by atoms with van der Waals surface area (Å²) in [5.74, 6) is -1.41. The van der Waals surface area contributed by atoms with Gasteiger partial charge in [-0.1, -0.05) is 48.5 Å². The molecule has 3 aliphatic rings. The molecule has 35 heavy (non-hydrogen) atoms. The van der Waals surface area contributed by atoms with E-state index in [0.29, 0.717) is 19.4 Å². The van der Waals surface area contributed by atoms with Crippen LogP contribution in [-0.2, 0) is 14.3 Å². The molecule has 1 aliphatic heterocycles. The van der Waals surface area contributed by atoms with E-state index >= 15 is 0 Å². The van der Waals surface area contributed by atoms with E-state index in [1.54, 1.807) is 4.90 Å². The summed E-state index contributed by atoms with van der Waals surface area (Å²) in [6, 6.07) is 15.1. The van der Waals surface area contributed by atoms with E-state index in [2.05, 4.69) is 17.4 Å².